The van der Waals surface area contributed by atoms with Crippen LogP contribution in [0, 0.1) is 0 Å². The topological polar surface area (TPSA) is 75.1 Å². The lowest BCUT2D eigenvalue weighted by Gasteiger charge is -2.32. The minimum atomic E-state index is 0.0848. The maximum Gasteiger partial charge on any atom is 0.257 e. The number of rotatable bonds is 4. The van der Waals surface area contributed by atoms with Crippen molar-refractivity contribution in [2.75, 3.05) is 13.1 Å². The van der Waals surface area contributed by atoms with E-state index in [0.717, 1.165) is 25.9 Å². The van der Waals surface area contributed by atoms with Crippen LogP contribution in [-0.4, -0.2) is 50.7 Å². The van der Waals surface area contributed by atoms with Crippen LogP contribution >= 0.6 is 0 Å². The first kappa shape index (κ1) is 17.2. The van der Waals surface area contributed by atoms with E-state index in [4.69, 9.17) is 0 Å². The van der Waals surface area contributed by atoms with E-state index in [9.17, 15) is 4.79 Å². The van der Waals surface area contributed by atoms with Gasteiger partial charge in [0.05, 0.1) is 11.8 Å². The molecule has 0 spiro atoms. The van der Waals surface area contributed by atoms with Gasteiger partial charge in [-0.2, -0.15) is 5.10 Å². The summed E-state index contributed by atoms with van der Waals surface area (Å²) in [5.74, 6) is 0.413. The Bertz CT molecular complexity index is 758. The van der Waals surface area contributed by atoms with Crippen molar-refractivity contribution in [2.24, 2.45) is 0 Å². The summed E-state index contributed by atoms with van der Waals surface area (Å²) >= 11 is 0. The molecule has 0 bridgehead atoms. The van der Waals surface area contributed by atoms with Crippen LogP contribution in [0.25, 0.3) is 0 Å². The number of amides is 1. The molecule has 2 aromatic rings. The maximum absolute atomic E-state index is 13.1. The van der Waals surface area contributed by atoms with Crippen LogP contribution in [0.3, 0.4) is 0 Å². The van der Waals surface area contributed by atoms with Crippen molar-refractivity contribution in [2.45, 2.75) is 50.7 Å². The summed E-state index contributed by atoms with van der Waals surface area (Å²) in [4.78, 5) is 19.3. The molecule has 2 fully saturated rings. The van der Waals surface area contributed by atoms with Crippen LogP contribution in [0.2, 0.25) is 0 Å². The second-order valence-corrected chi connectivity index (χ2v) is 7.45. The zero-order valence-electron chi connectivity index (χ0n) is 15.3. The Labute approximate surface area is 153 Å². The minimum Gasteiger partial charge on any atom is -0.334 e. The predicted octanol–water partition coefficient (Wildman–Crippen LogP) is 1.72. The summed E-state index contributed by atoms with van der Waals surface area (Å²) in [6, 6.07) is 4.77. The number of hydrogen-bond donors (Lipinski definition) is 2. The first-order valence-electron chi connectivity index (χ1n) is 9.38. The van der Waals surface area contributed by atoms with Crippen molar-refractivity contribution in [3.63, 3.8) is 0 Å². The molecule has 138 valence electrons. The Morgan fingerprint density at radius 1 is 1.31 bits per heavy atom. The Hall–Kier alpha value is -2.25. The Morgan fingerprint density at radius 2 is 2.12 bits per heavy atom. The van der Waals surface area contributed by atoms with Crippen LogP contribution in [0.4, 0.5) is 0 Å². The summed E-state index contributed by atoms with van der Waals surface area (Å²) in [7, 11) is 0. The lowest BCUT2D eigenvalue weighted by Crippen LogP contribution is -2.49. The summed E-state index contributed by atoms with van der Waals surface area (Å²) < 4.78 is 1.84. The molecule has 4 heterocycles. The Kier molecular flexibility index (Phi) is 4.74. The average molecular weight is 354 g/mol. The number of carbonyl (C=O) groups excluding carboxylic acids is 1. The van der Waals surface area contributed by atoms with Crippen LogP contribution in [0.5, 0.6) is 0 Å². The monoisotopic (exact) mass is 354 g/mol. The van der Waals surface area contributed by atoms with E-state index in [1.54, 1.807) is 6.20 Å². The molecule has 2 N–H and O–H groups in total. The molecule has 0 radical (unpaired) electrons. The van der Waals surface area contributed by atoms with Crippen molar-refractivity contribution in [3.8, 4) is 0 Å². The van der Waals surface area contributed by atoms with Crippen molar-refractivity contribution >= 4 is 5.91 Å². The van der Waals surface area contributed by atoms with Crippen molar-refractivity contribution in [1.82, 2.24) is 30.5 Å². The minimum absolute atomic E-state index is 0.0848. The van der Waals surface area contributed by atoms with E-state index >= 15 is 0 Å². The van der Waals surface area contributed by atoms with Gasteiger partial charge in [0.15, 0.2) is 0 Å². The van der Waals surface area contributed by atoms with Gasteiger partial charge in [-0.05, 0) is 44.4 Å². The fourth-order valence-electron chi connectivity index (χ4n) is 4.13. The molecule has 2 saturated heterocycles. The molecule has 4 rings (SSSR count). The van der Waals surface area contributed by atoms with Crippen molar-refractivity contribution in [3.05, 3.63) is 48.0 Å². The molecule has 2 aromatic heterocycles. The van der Waals surface area contributed by atoms with Crippen molar-refractivity contribution in [1.29, 1.82) is 0 Å². The van der Waals surface area contributed by atoms with Crippen LogP contribution < -0.4 is 10.9 Å². The third-order valence-electron chi connectivity index (χ3n) is 5.51. The van der Waals surface area contributed by atoms with E-state index in [-0.39, 0.29) is 24.0 Å². The smallest absolute Gasteiger partial charge is 0.257 e. The number of likely N-dealkylation sites (tertiary alicyclic amines) is 1. The summed E-state index contributed by atoms with van der Waals surface area (Å²) in [6.45, 7) is 5.79. The van der Waals surface area contributed by atoms with E-state index < -0.39 is 0 Å². The normalized spacial score (nSPS) is 26.0. The second kappa shape index (κ2) is 7.17. The van der Waals surface area contributed by atoms with E-state index in [0.29, 0.717) is 11.5 Å². The molecule has 7 heteroatoms. The zero-order valence-corrected chi connectivity index (χ0v) is 15.3. The van der Waals surface area contributed by atoms with Gasteiger partial charge in [0.25, 0.3) is 5.91 Å². The largest absolute Gasteiger partial charge is 0.334 e. The van der Waals surface area contributed by atoms with Crippen LogP contribution in [-0.2, 0) is 0 Å². The number of hydrazine groups is 1. The third kappa shape index (κ3) is 3.12. The van der Waals surface area contributed by atoms with Gasteiger partial charge < -0.3 is 4.90 Å². The molecule has 2 aliphatic heterocycles. The summed E-state index contributed by atoms with van der Waals surface area (Å²) in [5.41, 5.74) is 8.65. The molecule has 1 amide bonds. The van der Waals surface area contributed by atoms with Gasteiger partial charge in [-0.25, -0.2) is 0 Å². The quantitative estimate of drug-likeness (QED) is 0.874. The van der Waals surface area contributed by atoms with Gasteiger partial charge in [-0.15, -0.1) is 0 Å². The summed E-state index contributed by atoms with van der Waals surface area (Å²) in [5, 5.41) is 4.33. The van der Waals surface area contributed by atoms with Gasteiger partial charge in [-0.3, -0.25) is 25.3 Å². The molecule has 0 aliphatic carbocycles. The molecular formula is C19H26N6O. The van der Waals surface area contributed by atoms with Crippen molar-refractivity contribution < 1.29 is 4.79 Å². The Balaban J connectivity index is 1.55. The molecule has 0 aromatic carbocycles. The SMILES string of the molecule is CC(C)n1cc(C(=O)N2CCCC2C2NNCC2c2ccncc2)cn1. The van der Waals surface area contributed by atoms with Gasteiger partial charge >= 0.3 is 0 Å². The highest BCUT2D eigenvalue weighted by molar-refractivity contribution is 5.94. The first-order valence-corrected chi connectivity index (χ1v) is 9.38. The molecular weight excluding hydrogens is 328 g/mol. The average Bonchev–Trinajstić information content (AvgIpc) is 3.40. The standard InChI is InChI=1S/C19H26N6O/c1-13(2)25-12-15(10-22-25)19(26)24-9-3-4-17(24)18-16(11-21-23-18)14-5-7-20-8-6-14/h5-8,10,12-13,16-18,21,23H,3-4,9,11H2,1-2H3. The fraction of sp³-hybridized carbons (Fsp3) is 0.526. The number of aromatic nitrogens is 3. The molecule has 3 unspecified atom stereocenters. The highest BCUT2D eigenvalue weighted by Crippen LogP contribution is 2.32. The first-order chi connectivity index (χ1) is 12.6. The molecule has 3 atom stereocenters. The highest BCUT2D eigenvalue weighted by Gasteiger charge is 2.41. The van der Waals surface area contributed by atoms with E-state index in [1.165, 1.54) is 5.56 Å². The van der Waals surface area contributed by atoms with Gasteiger partial charge in [0.2, 0.25) is 0 Å². The zero-order chi connectivity index (χ0) is 18.1. The van der Waals surface area contributed by atoms with E-state index in [2.05, 4.69) is 46.9 Å². The molecule has 2 aliphatic rings. The van der Waals surface area contributed by atoms with Gasteiger partial charge in [-0.1, -0.05) is 0 Å². The number of pyridine rings is 1. The highest BCUT2D eigenvalue weighted by atomic mass is 16.2. The maximum atomic E-state index is 13.1. The lowest BCUT2D eigenvalue weighted by molar-refractivity contribution is 0.0704. The Morgan fingerprint density at radius 3 is 2.85 bits per heavy atom. The molecule has 7 nitrogen and oxygen atoms in total. The lowest BCUT2D eigenvalue weighted by atomic mass is 9.88. The van der Waals surface area contributed by atoms with Crippen LogP contribution in [0.15, 0.2) is 36.9 Å². The molecule has 0 saturated carbocycles. The number of nitrogens with one attached hydrogen (secondary N) is 2. The fourth-order valence-corrected chi connectivity index (χ4v) is 4.13. The van der Waals surface area contributed by atoms with Crippen LogP contribution in [0.1, 0.15) is 54.6 Å². The number of carbonyl (C=O) groups is 1. The van der Waals surface area contributed by atoms with E-state index in [1.807, 2.05) is 28.2 Å². The third-order valence-corrected chi connectivity index (χ3v) is 5.51. The number of nitrogens with zero attached hydrogens (tertiary/aromatic N) is 4. The number of hydrogen-bond acceptors (Lipinski definition) is 5. The van der Waals surface area contributed by atoms with Gasteiger partial charge in [0.1, 0.15) is 0 Å². The predicted molar refractivity (Wildman–Crippen MR) is 98.6 cm³/mol. The second-order valence-electron chi connectivity index (χ2n) is 7.45. The van der Waals surface area contributed by atoms with Gasteiger partial charge in [0, 0.05) is 55.7 Å². The summed E-state index contributed by atoms with van der Waals surface area (Å²) in [6.07, 6.45) is 9.29. The molecule has 26 heavy (non-hydrogen) atoms.